The van der Waals surface area contributed by atoms with Crippen molar-refractivity contribution < 1.29 is 36.3 Å². The molecule has 1 amide bonds. The number of rotatable bonds is 5. The smallest absolute Gasteiger partial charge is 0.417 e. The fourth-order valence-electron chi connectivity index (χ4n) is 1.47. The summed E-state index contributed by atoms with van der Waals surface area (Å²) in [5, 5.41) is 8.71. The van der Waals surface area contributed by atoms with Crippen LogP contribution >= 0.6 is 0 Å². The van der Waals surface area contributed by atoms with E-state index < -0.39 is 50.1 Å². The number of benzene rings is 1. The molecular weight excluding hydrogens is 329 g/mol. The van der Waals surface area contributed by atoms with Gasteiger partial charge in [0.2, 0.25) is 15.9 Å². The number of nitrogens with one attached hydrogen (secondary N) is 1. The van der Waals surface area contributed by atoms with Crippen LogP contribution in [0.4, 0.5) is 13.2 Å². The number of hydrogen-bond donors (Lipinski definition) is 3. The molecule has 0 saturated carbocycles. The maximum absolute atomic E-state index is 12.8. The average molecular weight is 340 g/mol. The van der Waals surface area contributed by atoms with Crippen LogP contribution in [0.5, 0.6) is 0 Å². The molecule has 0 aliphatic carbocycles. The molecule has 122 valence electrons. The monoisotopic (exact) mass is 340 g/mol. The lowest BCUT2D eigenvalue weighted by Gasteiger charge is -2.14. The Bertz CT molecular complexity index is 715. The Balaban J connectivity index is 3.39. The molecule has 0 unspecified atom stereocenters. The van der Waals surface area contributed by atoms with Gasteiger partial charge in [0.05, 0.1) is 22.1 Å². The van der Waals surface area contributed by atoms with Gasteiger partial charge in [-0.1, -0.05) is 0 Å². The topological polar surface area (TPSA) is 127 Å². The van der Waals surface area contributed by atoms with Crippen molar-refractivity contribution in [2.24, 2.45) is 5.73 Å². The van der Waals surface area contributed by atoms with Gasteiger partial charge in [-0.2, -0.15) is 17.9 Å². The second-order valence-corrected chi connectivity index (χ2v) is 5.97. The zero-order valence-corrected chi connectivity index (χ0v) is 11.8. The number of nitrogens with two attached hydrogens (primary N) is 1. The van der Waals surface area contributed by atoms with E-state index in [0.29, 0.717) is 12.1 Å². The van der Waals surface area contributed by atoms with Gasteiger partial charge in [-0.3, -0.25) is 4.79 Å². The number of sulfonamides is 1. The molecule has 0 heterocycles. The number of carboxylic acid groups (broad SMARTS) is 1. The number of alkyl halides is 3. The van der Waals surface area contributed by atoms with Crippen LogP contribution in [-0.2, 0) is 21.0 Å². The summed E-state index contributed by atoms with van der Waals surface area (Å²) in [7, 11) is -4.47. The average Bonchev–Trinajstić information content (AvgIpc) is 2.36. The van der Waals surface area contributed by atoms with Gasteiger partial charge in [0, 0.05) is 0 Å². The van der Waals surface area contributed by atoms with Crippen molar-refractivity contribution in [2.75, 3.05) is 0 Å². The van der Waals surface area contributed by atoms with Crippen molar-refractivity contribution >= 4 is 21.9 Å². The number of primary amides is 1. The molecule has 1 rings (SSSR count). The Morgan fingerprint density at radius 2 is 1.86 bits per heavy atom. The number of halogens is 3. The minimum atomic E-state index is -5.06. The molecule has 11 heteroatoms. The minimum absolute atomic E-state index is 0.180. The van der Waals surface area contributed by atoms with Crippen molar-refractivity contribution in [3.63, 3.8) is 0 Å². The van der Waals surface area contributed by atoms with E-state index in [0.717, 1.165) is 6.92 Å². The highest BCUT2D eigenvalue weighted by molar-refractivity contribution is 7.89. The largest absolute Gasteiger partial charge is 0.478 e. The zero-order chi connectivity index (χ0) is 17.3. The third kappa shape index (κ3) is 3.95. The van der Waals surface area contributed by atoms with Crippen LogP contribution < -0.4 is 10.5 Å². The minimum Gasteiger partial charge on any atom is -0.478 e. The molecule has 4 N–H and O–H groups in total. The SMILES string of the molecule is C[C@H](NS(=O)(=O)c1ccc(C(=O)O)c(C(F)(F)F)c1)C(N)=O. The van der Waals surface area contributed by atoms with Gasteiger partial charge in [-0.25, -0.2) is 13.2 Å². The summed E-state index contributed by atoms with van der Waals surface area (Å²) < 4.78 is 64.0. The number of hydrogen-bond acceptors (Lipinski definition) is 4. The van der Waals surface area contributed by atoms with Crippen molar-refractivity contribution in [1.82, 2.24) is 4.72 Å². The molecule has 0 fully saturated rings. The third-order valence-corrected chi connectivity index (χ3v) is 4.13. The fourth-order valence-corrected chi connectivity index (χ4v) is 2.71. The summed E-state index contributed by atoms with van der Waals surface area (Å²) in [5.74, 6) is -2.88. The first-order valence-corrected chi connectivity index (χ1v) is 7.10. The van der Waals surface area contributed by atoms with Gasteiger partial charge in [0.15, 0.2) is 0 Å². The van der Waals surface area contributed by atoms with E-state index >= 15 is 0 Å². The maximum atomic E-state index is 12.8. The lowest BCUT2D eigenvalue weighted by atomic mass is 10.1. The van der Waals surface area contributed by atoms with E-state index in [1.807, 2.05) is 0 Å². The van der Waals surface area contributed by atoms with E-state index in [9.17, 15) is 31.2 Å². The molecular formula is C11H11F3N2O5S. The number of aromatic carboxylic acids is 1. The molecule has 1 aromatic rings. The molecule has 0 spiro atoms. The normalized spacial score (nSPS) is 13.6. The quantitative estimate of drug-likeness (QED) is 0.722. The molecule has 1 aromatic carbocycles. The van der Waals surface area contributed by atoms with Crippen molar-refractivity contribution in [2.45, 2.75) is 24.0 Å². The molecule has 0 radical (unpaired) electrons. The Labute approximate surface area is 123 Å². The van der Waals surface area contributed by atoms with Gasteiger partial charge in [0.1, 0.15) is 0 Å². The lowest BCUT2D eigenvalue weighted by molar-refractivity contribution is -0.138. The molecule has 0 bridgehead atoms. The van der Waals surface area contributed by atoms with E-state index in [1.165, 1.54) is 0 Å². The van der Waals surface area contributed by atoms with E-state index in [2.05, 4.69) is 0 Å². The maximum Gasteiger partial charge on any atom is 0.417 e. The molecule has 0 aliphatic heterocycles. The van der Waals surface area contributed by atoms with E-state index in [1.54, 1.807) is 4.72 Å². The van der Waals surface area contributed by atoms with Gasteiger partial charge >= 0.3 is 12.1 Å². The third-order valence-electron chi connectivity index (χ3n) is 2.60. The first-order chi connectivity index (χ1) is 9.86. The van der Waals surface area contributed by atoms with Crippen LogP contribution in [0.15, 0.2) is 23.1 Å². The fraction of sp³-hybridized carbons (Fsp3) is 0.273. The molecule has 0 aliphatic rings. The lowest BCUT2D eigenvalue weighted by Crippen LogP contribution is -2.42. The summed E-state index contributed by atoms with van der Waals surface area (Å²) in [5.41, 5.74) is 2.16. The first-order valence-electron chi connectivity index (χ1n) is 5.62. The summed E-state index contributed by atoms with van der Waals surface area (Å²) in [6, 6.07) is 0.0431. The van der Waals surface area contributed by atoms with Crippen LogP contribution in [0.1, 0.15) is 22.8 Å². The van der Waals surface area contributed by atoms with Crippen LogP contribution in [0.25, 0.3) is 0 Å². The van der Waals surface area contributed by atoms with Crippen LogP contribution in [0, 0.1) is 0 Å². The van der Waals surface area contributed by atoms with Crippen molar-refractivity contribution in [3.05, 3.63) is 29.3 Å². The predicted octanol–water partition coefficient (Wildman–Crippen LogP) is 0.556. The van der Waals surface area contributed by atoms with Gasteiger partial charge in [-0.05, 0) is 25.1 Å². The van der Waals surface area contributed by atoms with E-state index in [-0.39, 0.29) is 6.07 Å². The molecule has 1 atom stereocenters. The summed E-state index contributed by atoms with van der Waals surface area (Å²) in [4.78, 5) is 20.8. The molecule has 0 saturated heterocycles. The number of carbonyl (C=O) groups excluding carboxylic acids is 1. The Hall–Kier alpha value is -2.14. The van der Waals surface area contributed by atoms with Crippen molar-refractivity contribution in [3.8, 4) is 0 Å². The standard InChI is InChI=1S/C11H11F3N2O5S/c1-5(9(15)17)16-22(20,21)6-2-3-7(10(18)19)8(4-6)11(12,13)14/h2-5,16H,1H3,(H2,15,17)(H,18,19)/t5-/m0/s1. The van der Waals surface area contributed by atoms with Gasteiger partial charge in [0.25, 0.3) is 0 Å². The first kappa shape index (κ1) is 17.9. The Morgan fingerprint density at radius 1 is 1.32 bits per heavy atom. The zero-order valence-electron chi connectivity index (χ0n) is 11.0. The number of carboxylic acids is 1. The van der Waals surface area contributed by atoms with Crippen molar-refractivity contribution in [1.29, 1.82) is 0 Å². The number of amides is 1. The highest BCUT2D eigenvalue weighted by atomic mass is 32.2. The molecule has 7 nitrogen and oxygen atoms in total. The molecule has 22 heavy (non-hydrogen) atoms. The second-order valence-electron chi connectivity index (χ2n) is 4.26. The van der Waals surface area contributed by atoms with E-state index in [4.69, 9.17) is 10.8 Å². The predicted molar refractivity (Wildman–Crippen MR) is 67.4 cm³/mol. The summed E-state index contributed by atoms with van der Waals surface area (Å²) in [6.45, 7) is 1.11. The second kappa shape index (κ2) is 5.93. The van der Waals surface area contributed by atoms with Crippen LogP contribution in [0.2, 0.25) is 0 Å². The van der Waals surface area contributed by atoms with Crippen LogP contribution in [-0.4, -0.2) is 31.4 Å². The van der Waals surface area contributed by atoms with Gasteiger partial charge in [-0.15, -0.1) is 0 Å². The molecule has 0 aromatic heterocycles. The van der Waals surface area contributed by atoms with Gasteiger partial charge < -0.3 is 10.8 Å². The Kier molecular flexibility index (Phi) is 4.82. The summed E-state index contributed by atoms with van der Waals surface area (Å²) in [6.07, 6.45) is -5.06. The summed E-state index contributed by atoms with van der Waals surface area (Å²) >= 11 is 0. The number of carbonyl (C=O) groups is 2. The Morgan fingerprint density at radius 3 is 2.27 bits per heavy atom. The highest BCUT2D eigenvalue weighted by Gasteiger charge is 2.36. The highest BCUT2D eigenvalue weighted by Crippen LogP contribution is 2.33. The van der Waals surface area contributed by atoms with Crippen LogP contribution in [0.3, 0.4) is 0 Å².